The molecule has 0 bridgehead atoms. The number of benzene rings is 1. The van der Waals surface area contributed by atoms with Gasteiger partial charge in [0, 0.05) is 10.0 Å². The summed E-state index contributed by atoms with van der Waals surface area (Å²) in [4.78, 5) is 11.2. The minimum Gasteiger partial charge on any atom is -0.466 e. The number of aliphatic hydroxyl groups is 1. The fourth-order valence-corrected chi connectivity index (χ4v) is 1.82. The standard InChI is InChI=1S/C12H12BrF3O4/c1-2-19-11(18)6-9(17)8-4-3-7(13)5-10(8)20-12(14,15)16/h3-5,9,17H,2,6H2,1H3. The highest BCUT2D eigenvalue weighted by molar-refractivity contribution is 9.10. The third kappa shape index (κ3) is 5.38. The summed E-state index contributed by atoms with van der Waals surface area (Å²) in [6.07, 6.45) is -6.79. The molecule has 0 aliphatic heterocycles. The van der Waals surface area contributed by atoms with E-state index in [0.717, 1.165) is 6.07 Å². The van der Waals surface area contributed by atoms with Gasteiger partial charge < -0.3 is 14.6 Å². The second-order valence-electron chi connectivity index (χ2n) is 3.75. The zero-order chi connectivity index (χ0) is 15.3. The molecule has 0 aliphatic rings. The molecular formula is C12H12BrF3O4. The third-order valence-corrected chi connectivity index (χ3v) is 2.72. The lowest BCUT2D eigenvalue weighted by molar-refractivity contribution is -0.275. The monoisotopic (exact) mass is 356 g/mol. The van der Waals surface area contributed by atoms with Crippen molar-refractivity contribution in [1.82, 2.24) is 0 Å². The summed E-state index contributed by atoms with van der Waals surface area (Å²) in [6, 6.07) is 3.75. The van der Waals surface area contributed by atoms with Crippen LogP contribution < -0.4 is 4.74 Å². The smallest absolute Gasteiger partial charge is 0.466 e. The zero-order valence-corrected chi connectivity index (χ0v) is 12.0. The van der Waals surface area contributed by atoms with Crippen molar-refractivity contribution in [3.8, 4) is 5.75 Å². The molecule has 112 valence electrons. The van der Waals surface area contributed by atoms with Crippen molar-refractivity contribution >= 4 is 21.9 Å². The van der Waals surface area contributed by atoms with Gasteiger partial charge in [0.05, 0.1) is 19.1 Å². The predicted octanol–water partition coefficient (Wildman–Crippen LogP) is 3.33. The van der Waals surface area contributed by atoms with Crippen LogP contribution in [0.3, 0.4) is 0 Å². The number of carbonyl (C=O) groups excluding carboxylic acids is 1. The molecule has 0 heterocycles. The lowest BCUT2D eigenvalue weighted by Gasteiger charge is -2.17. The Labute approximate surface area is 121 Å². The van der Waals surface area contributed by atoms with E-state index in [2.05, 4.69) is 25.4 Å². The molecule has 4 nitrogen and oxygen atoms in total. The first-order valence-electron chi connectivity index (χ1n) is 5.61. The molecule has 0 aromatic heterocycles. The first-order valence-corrected chi connectivity index (χ1v) is 6.41. The fraction of sp³-hybridized carbons (Fsp3) is 0.417. The molecule has 0 saturated carbocycles. The van der Waals surface area contributed by atoms with Crippen LogP contribution in [0, 0.1) is 0 Å². The summed E-state index contributed by atoms with van der Waals surface area (Å²) in [5.74, 6) is -1.27. The Bertz CT molecular complexity index is 476. The van der Waals surface area contributed by atoms with Crippen LogP contribution in [-0.2, 0) is 9.53 Å². The Hall–Kier alpha value is -1.28. The zero-order valence-electron chi connectivity index (χ0n) is 10.4. The number of ether oxygens (including phenoxy) is 2. The second kappa shape index (κ2) is 6.94. The molecule has 0 aliphatic carbocycles. The van der Waals surface area contributed by atoms with Gasteiger partial charge in [-0.2, -0.15) is 0 Å². The quantitative estimate of drug-likeness (QED) is 0.822. The van der Waals surface area contributed by atoms with Gasteiger partial charge in [-0.25, -0.2) is 0 Å². The van der Waals surface area contributed by atoms with Crippen molar-refractivity contribution in [3.63, 3.8) is 0 Å². The summed E-state index contributed by atoms with van der Waals surface area (Å²) in [6.45, 7) is 1.71. The summed E-state index contributed by atoms with van der Waals surface area (Å²) in [7, 11) is 0. The molecule has 0 spiro atoms. The van der Waals surface area contributed by atoms with Crippen LogP contribution in [0.15, 0.2) is 22.7 Å². The van der Waals surface area contributed by atoms with Crippen molar-refractivity contribution in [2.75, 3.05) is 6.61 Å². The van der Waals surface area contributed by atoms with Gasteiger partial charge >= 0.3 is 12.3 Å². The maximum atomic E-state index is 12.3. The minimum atomic E-state index is -4.89. The predicted molar refractivity (Wildman–Crippen MR) is 67.0 cm³/mol. The number of rotatable bonds is 5. The Morgan fingerprint density at radius 2 is 2.10 bits per heavy atom. The van der Waals surface area contributed by atoms with Crippen molar-refractivity contribution in [3.05, 3.63) is 28.2 Å². The Morgan fingerprint density at radius 1 is 1.45 bits per heavy atom. The van der Waals surface area contributed by atoms with Crippen LogP contribution in [0.4, 0.5) is 13.2 Å². The topological polar surface area (TPSA) is 55.8 Å². The first kappa shape index (κ1) is 16.8. The molecule has 0 radical (unpaired) electrons. The van der Waals surface area contributed by atoms with Crippen molar-refractivity contribution in [2.24, 2.45) is 0 Å². The van der Waals surface area contributed by atoms with Crippen LogP contribution in [0.25, 0.3) is 0 Å². The van der Waals surface area contributed by atoms with E-state index in [-0.39, 0.29) is 12.2 Å². The number of hydrogen-bond acceptors (Lipinski definition) is 4. The van der Waals surface area contributed by atoms with Crippen molar-refractivity contribution in [1.29, 1.82) is 0 Å². The molecule has 8 heteroatoms. The number of esters is 1. The molecule has 1 rings (SSSR count). The van der Waals surface area contributed by atoms with E-state index in [0.29, 0.717) is 4.47 Å². The highest BCUT2D eigenvalue weighted by Crippen LogP contribution is 2.34. The maximum Gasteiger partial charge on any atom is 0.573 e. The van der Waals surface area contributed by atoms with Crippen LogP contribution in [0.2, 0.25) is 0 Å². The molecule has 1 aromatic carbocycles. The Balaban J connectivity index is 2.95. The lowest BCUT2D eigenvalue weighted by atomic mass is 10.1. The van der Waals surface area contributed by atoms with Gasteiger partial charge in [0.1, 0.15) is 5.75 Å². The molecule has 1 unspecified atom stereocenters. The van der Waals surface area contributed by atoms with Crippen LogP contribution in [-0.4, -0.2) is 24.0 Å². The summed E-state index contributed by atoms with van der Waals surface area (Å²) in [5, 5.41) is 9.82. The number of halogens is 4. The van der Waals surface area contributed by atoms with Gasteiger partial charge in [-0.15, -0.1) is 13.2 Å². The highest BCUT2D eigenvalue weighted by atomic mass is 79.9. The van der Waals surface area contributed by atoms with Gasteiger partial charge in [-0.1, -0.05) is 22.0 Å². The number of aliphatic hydroxyl groups excluding tert-OH is 1. The van der Waals surface area contributed by atoms with E-state index in [9.17, 15) is 23.1 Å². The van der Waals surface area contributed by atoms with E-state index in [1.165, 1.54) is 12.1 Å². The number of carbonyl (C=O) groups is 1. The largest absolute Gasteiger partial charge is 0.573 e. The average molecular weight is 357 g/mol. The molecule has 1 N–H and O–H groups in total. The number of hydrogen-bond donors (Lipinski definition) is 1. The van der Waals surface area contributed by atoms with E-state index in [4.69, 9.17) is 0 Å². The van der Waals surface area contributed by atoms with Crippen molar-refractivity contribution in [2.45, 2.75) is 25.8 Å². The molecule has 1 atom stereocenters. The summed E-state index contributed by atoms with van der Waals surface area (Å²) < 4.78 is 45.7. The van der Waals surface area contributed by atoms with E-state index in [1.807, 2.05) is 0 Å². The molecular weight excluding hydrogens is 345 g/mol. The van der Waals surface area contributed by atoms with Crippen molar-refractivity contribution < 1.29 is 32.5 Å². The Morgan fingerprint density at radius 3 is 2.65 bits per heavy atom. The lowest BCUT2D eigenvalue weighted by Crippen LogP contribution is -2.19. The van der Waals surface area contributed by atoms with E-state index < -0.39 is 30.6 Å². The minimum absolute atomic E-state index is 0.123. The van der Waals surface area contributed by atoms with Gasteiger partial charge in [-0.05, 0) is 19.1 Å². The van der Waals surface area contributed by atoms with E-state index in [1.54, 1.807) is 6.92 Å². The van der Waals surface area contributed by atoms with Crippen LogP contribution >= 0.6 is 15.9 Å². The maximum absolute atomic E-state index is 12.3. The van der Waals surface area contributed by atoms with E-state index >= 15 is 0 Å². The normalized spacial score (nSPS) is 12.9. The molecule has 1 aromatic rings. The molecule has 20 heavy (non-hydrogen) atoms. The van der Waals surface area contributed by atoms with Gasteiger partial charge in [0.25, 0.3) is 0 Å². The average Bonchev–Trinajstić information content (AvgIpc) is 2.26. The molecule has 0 saturated heterocycles. The van der Waals surface area contributed by atoms with Crippen LogP contribution in [0.1, 0.15) is 25.0 Å². The van der Waals surface area contributed by atoms with Gasteiger partial charge in [0.15, 0.2) is 0 Å². The molecule has 0 amide bonds. The van der Waals surface area contributed by atoms with Gasteiger partial charge in [-0.3, -0.25) is 4.79 Å². The first-order chi connectivity index (χ1) is 9.23. The Kier molecular flexibility index (Phi) is 5.82. The molecule has 0 fully saturated rings. The summed E-state index contributed by atoms with van der Waals surface area (Å²) >= 11 is 3.01. The second-order valence-corrected chi connectivity index (χ2v) is 4.67. The highest BCUT2D eigenvalue weighted by Gasteiger charge is 2.33. The third-order valence-electron chi connectivity index (χ3n) is 2.23. The van der Waals surface area contributed by atoms with Crippen LogP contribution in [0.5, 0.6) is 5.75 Å². The summed E-state index contributed by atoms with van der Waals surface area (Å²) in [5.41, 5.74) is -0.140. The SMILES string of the molecule is CCOC(=O)CC(O)c1ccc(Br)cc1OC(F)(F)F. The fourth-order valence-electron chi connectivity index (χ4n) is 1.48. The van der Waals surface area contributed by atoms with Gasteiger partial charge in [0.2, 0.25) is 0 Å². The number of alkyl halides is 3.